The largest absolute Gasteiger partial charge is 0.350 e. The molecule has 11 heteroatoms. The normalized spacial score (nSPS) is 20.0. The fourth-order valence-electron chi connectivity index (χ4n) is 1.66. The second-order valence-electron chi connectivity index (χ2n) is 4.61. The minimum atomic E-state index is -3.71. The molecule has 1 atom stereocenters. The highest BCUT2D eigenvalue weighted by molar-refractivity contribution is 7.94. The van der Waals surface area contributed by atoms with Gasteiger partial charge in [-0.05, 0) is 12.1 Å². The van der Waals surface area contributed by atoms with Gasteiger partial charge in [-0.3, -0.25) is 10.1 Å². The molecule has 1 aromatic rings. The summed E-state index contributed by atoms with van der Waals surface area (Å²) in [4.78, 5) is 9.85. The third-order valence-corrected chi connectivity index (χ3v) is 7.29. The Labute approximate surface area is 164 Å². The minimum Gasteiger partial charge on any atom is -0.350 e. The van der Waals surface area contributed by atoms with Crippen molar-refractivity contribution in [1.82, 2.24) is 5.32 Å². The number of dihydropyridines is 1. The van der Waals surface area contributed by atoms with Crippen LogP contribution in [0.4, 0.5) is 5.69 Å². The number of hydrogen-bond donors (Lipinski definition) is 1. The van der Waals surface area contributed by atoms with Crippen LogP contribution in [0.25, 0.3) is 6.08 Å². The molecule has 1 aliphatic rings. The number of hydrogen-bond acceptors (Lipinski definition) is 5. The summed E-state index contributed by atoms with van der Waals surface area (Å²) < 4.78 is 20.9. The number of para-hydroxylation sites is 1. The van der Waals surface area contributed by atoms with Gasteiger partial charge in [0.25, 0.3) is 5.69 Å². The average molecular weight is 445 g/mol. The van der Waals surface area contributed by atoms with Crippen molar-refractivity contribution in [2.24, 2.45) is 0 Å². The lowest BCUT2D eigenvalue weighted by atomic mass is 10.2. The van der Waals surface area contributed by atoms with Crippen molar-refractivity contribution >= 4 is 68.0 Å². The van der Waals surface area contributed by atoms with Crippen molar-refractivity contribution in [2.45, 2.75) is 4.21 Å². The lowest BCUT2D eigenvalue weighted by Crippen LogP contribution is -2.37. The summed E-state index contributed by atoms with van der Waals surface area (Å²) in [5.74, 6) is 0. The fourth-order valence-corrected chi connectivity index (χ4v) is 4.15. The van der Waals surface area contributed by atoms with Crippen LogP contribution in [0.3, 0.4) is 0 Å². The number of rotatable bonds is 3. The molecule has 25 heavy (non-hydrogen) atoms. The molecule has 135 valence electrons. The molecule has 1 aliphatic heterocycles. The first-order chi connectivity index (χ1) is 11.5. The second-order valence-corrected chi connectivity index (χ2v) is 8.73. The van der Waals surface area contributed by atoms with Crippen molar-refractivity contribution in [3.8, 4) is 0 Å². The summed E-state index contributed by atoms with van der Waals surface area (Å²) in [5, 5.41) is 12.3. The molecule has 0 saturated carbocycles. The Morgan fingerprint density at radius 2 is 1.84 bits per heavy atom. The van der Waals surface area contributed by atoms with Crippen LogP contribution in [0.15, 0.2) is 45.7 Å². The molecule has 0 amide bonds. The molecule has 0 spiro atoms. The minimum absolute atomic E-state index is 0.0370. The molecule has 2 rings (SSSR count). The van der Waals surface area contributed by atoms with Crippen LogP contribution >= 0.6 is 46.4 Å². The summed E-state index contributed by atoms with van der Waals surface area (Å²) in [6, 6.07) is 6.31. The molecule has 0 aromatic heterocycles. The van der Waals surface area contributed by atoms with Gasteiger partial charge in [-0.2, -0.15) is 0 Å². The van der Waals surface area contributed by atoms with E-state index < -0.39 is 19.0 Å². The van der Waals surface area contributed by atoms with Gasteiger partial charge in [-0.25, -0.2) is 8.42 Å². The van der Waals surface area contributed by atoms with Gasteiger partial charge in [0, 0.05) is 18.5 Å². The number of nitrogens with zero attached hydrogens (tertiary/aromatic N) is 1. The number of alkyl halides is 1. The molecule has 1 radical (unpaired) electrons. The van der Waals surface area contributed by atoms with Gasteiger partial charge in [0.2, 0.25) is 4.21 Å². The maximum Gasteiger partial charge on any atom is 0.276 e. The van der Waals surface area contributed by atoms with Crippen molar-refractivity contribution in [2.75, 3.05) is 6.26 Å². The van der Waals surface area contributed by atoms with Gasteiger partial charge in [-0.15, -0.1) is 0 Å². The maximum atomic E-state index is 11.4. The molecule has 1 N–H and O–H groups in total. The first kappa shape index (κ1) is 21.8. The lowest BCUT2D eigenvalue weighted by molar-refractivity contribution is -0.385. The van der Waals surface area contributed by atoms with Crippen molar-refractivity contribution in [3.63, 3.8) is 0 Å². The monoisotopic (exact) mass is 443 g/mol. The zero-order valence-electron chi connectivity index (χ0n) is 12.5. The van der Waals surface area contributed by atoms with Gasteiger partial charge in [0.15, 0.2) is 9.84 Å². The Balaban J connectivity index is 0.000000257. The highest BCUT2D eigenvalue weighted by Gasteiger charge is 2.48. The van der Waals surface area contributed by atoms with E-state index in [4.69, 9.17) is 53.0 Å². The van der Waals surface area contributed by atoms with Crippen LogP contribution < -0.4 is 5.32 Å². The SMILES string of the molecule is CS(=O)(=O)C1(Cl)C(Cl)=CNC(Cl)=C1Cl.[CH]=Cc1ccccc1[N+](=O)[O-]. The van der Waals surface area contributed by atoms with Crippen LogP contribution in [0.5, 0.6) is 0 Å². The highest BCUT2D eigenvalue weighted by Crippen LogP contribution is 2.45. The third kappa shape index (κ3) is 4.68. The van der Waals surface area contributed by atoms with Crippen LogP contribution in [0, 0.1) is 16.7 Å². The third-order valence-electron chi connectivity index (χ3n) is 2.93. The average Bonchev–Trinajstić information content (AvgIpc) is 2.55. The smallest absolute Gasteiger partial charge is 0.276 e. The Morgan fingerprint density at radius 3 is 2.24 bits per heavy atom. The quantitative estimate of drug-likeness (QED) is 0.324. The maximum absolute atomic E-state index is 11.4. The number of sulfone groups is 1. The van der Waals surface area contributed by atoms with E-state index in [9.17, 15) is 18.5 Å². The van der Waals surface area contributed by atoms with E-state index >= 15 is 0 Å². The topological polar surface area (TPSA) is 89.3 Å². The Bertz CT molecular complexity index is 867. The van der Waals surface area contributed by atoms with E-state index in [1.165, 1.54) is 18.3 Å². The first-order valence-electron chi connectivity index (χ1n) is 6.32. The number of nitrogens with one attached hydrogen (secondary N) is 1. The van der Waals surface area contributed by atoms with E-state index in [0.29, 0.717) is 5.56 Å². The molecule has 0 aliphatic carbocycles. The van der Waals surface area contributed by atoms with Crippen molar-refractivity contribution < 1.29 is 13.3 Å². The molecule has 0 bridgehead atoms. The molecule has 1 heterocycles. The zero-order chi connectivity index (χ0) is 19.4. The van der Waals surface area contributed by atoms with E-state index in [-0.39, 0.29) is 20.9 Å². The predicted octanol–water partition coefficient (Wildman–Crippen LogP) is 4.34. The molecule has 0 fully saturated rings. The molecule has 6 nitrogen and oxygen atoms in total. The summed E-state index contributed by atoms with van der Waals surface area (Å²) in [5.41, 5.74) is 0.479. The molecular weight excluding hydrogens is 434 g/mol. The standard InChI is InChI=1S/C8H6NO2.C6H5Cl4NO2S/c1-2-7-5-3-4-6-8(7)9(10)11;1-14(12,13)6(10)3(7)2-11-5(9)4(6)8/h1-6H;2,11H,1H3. The second kappa shape index (κ2) is 8.42. The number of nitro groups is 1. The number of halogens is 4. The Morgan fingerprint density at radius 1 is 1.28 bits per heavy atom. The number of nitro benzene ring substituents is 1. The number of benzene rings is 1. The van der Waals surface area contributed by atoms with Crippen LogP contribution in [0.1, 0.15) is 5.56 Å². The molecular formula is C14H11Cl4N2O4S. The predicted molar refractivity (Wildman–Crippen MR) is 101 cm³/mol. The fraction of sp³-hybridized carbons (Fsp3) is 0.143. The van der Waals surface area contributed by atoms with Gasteiger partial charge in [-0.1, -0.05) is 65.1 Å². The van der Waals surface area contributed by atoms with E-state index in [1.807, 2.05) is 0 Å². The van der Waals surface area contributed by atoms with E-state index in [0.717, 1.165) is 6.26 Å². The van der Waals surface area contributed by atoms with Gasteiger partial charge < -0.3 is 5.32 Å². The zero-order valence-corrected chi connectivity index (χ0v) is 16.4. The lowest BCUT2D eigenvalue weighted by Gasteiger charge is -2.28. The van der Waals surface area contributed by atoms with Gasteiger partial charge in [0.05, 0.1) is 20.6 Å². The summed E-state index contributed by atoms with van der Waals surface area (Å²) in [6.07, 6.45) is 3.33. The summed E-state index contributed by atoms with van der Waals surface area (Å²) in [7, 11) is -3.71. The van der Waals surface area contributed by atoms with E-state index in [2.05, 4.69) is 5.32 Å². The van der Waals surface area contributed by atoms with Crippen LogP contribution in [-0.4, -0.2) is 23.8 Å². The van der Waals surface area contributed by atoms with Crippen LogP contribution in [0.2, 0.25) is 0 Å². The first-order valence-corrected chi connectivity index (χ1v) is 9.72. The van der Waals surface area contributed by atoms with E-state index in [1.54, 1.807) is 18.2 Å². The summed E-state index contributed by atoms with van der Waals surface area (Å²) in [6.45, 7) is 5.16. The summed E-state index contributed by atoms with van der Waals surface area (Å²) >= 11 is 22.8. The van der Waals surface area contributed by atoms with Crippen molar-refractivity contribution in [3.05, 3.63) is 67.9 Å². The van der Waals surface area contributed by atoms with Crippen LogP contribution in [-0.2, 0) is 9.84 Å². The Hall–Kier alpha value is -1.25. The van der Waals surface area contributed by atoms with Crippen molar-refractivity contribution in [1.29, 1.82) is 0 Å². The molecule has 0 saturated heterocycles. The molecule has 1 unspecified atom stereocenters. The van der Waals surface area contributed by atoms with Gasteiger partial charge >= 0.3 is 0 Å². The van der Waals surface area contributed by atoms with Gasteiger partial charge in [0.1, 0.15) is 5.16 Å². The Kier molecular flexibility index (Phi) is 7.34. The highest BCUT2D eigenvalue weighted by atomic mass is 35.5. The molecule has 1 aromatic carbocycles.